The zero-order chi connectivity index (χ0) is 41.0. The molecule has 0 aliphatic carbocycles. The van der Waals surface area contributed by atoms with E-state index in [0.29, 0.717) is 0 Å². The maximum atomic E-state index is 6.55. The monoisotopic (exact) mass is 789 g/mol. The third kappa shape index (κ3) is 6.12. The first-order valence-electron chi connectivity index (χ1n) is 21.2. The Hall–Kier alpha value is -8.20. The molecule has 290 valence electrons. The van der Waals surface area contributed by atoms with E-state index in [0.717, 1.165) is 55.5 Å². The summed E-state index contributed by atoms with van der Waals surface area (Å²) >= 11 is 0. The minimum absolute atomic E-state index is 0.886. The lowest BCUT2D eigenvalue weighted by atomic mass is 9.95. The highest BCUT2D eigenvalue weighted by molar-refractivity contribution is 6.16. The van der Waals surface area contributed by atoms with E-state index in [-0.39, 0.29) is 0 Å². The molecule has 12 aromatic rings. The Morgan fingerprint density at radius 1 is 0.274 bits per heavy atom. The molecule has 0 bridgehead atoms. The number of para-hydroxylation sites is 1. The molecule has 62 heavy (non-hydrogen) atoms. The standard InChI is InChI=1S/C60H39NO/c1-4-22-50-41(13-1)16-11-26-52(50)45-19-9-18-44(37-45)40-29-33-48(34-30-40)61(49-21-10-20-46(38-49)53-27-12-17-42-14-2-5-23-51(42)53)58-28-8-7-24-54(58)47-32-36-59-57(39-47)56-35-31-43-15-3-6-25-55(43)60(56)62-59/h1-39H. The molecule has 0 unspecified atom stereocenters. The van der Waals surface area contributed by atoms with E-state index in [1.807, 2.05) is 0 Å². The van der Waals surface area contributed by atoms with Gasteiger partial charge in [-0.25, -0.2) is 0 Å². The molecule has 0 radical (unpaired) electrons. The van der Waals surface area contributed by atoms with Crippen LogP contribution in [0.15, 0.2) is 241 Å². The largest absolute Gasteiger partial charge is 0.455 e. The van der Waals surface area contributed by atoms with Gasteiger partial charge in [-0.15, -0.1) is 0 Å². The molecule has 11 aromatic carbocycles. The van der Waals surface area contributed by atoms with Crippen LogP contribution in [0.3, 0.4) is 0 Å². The van der Waals surface area contributed by atoms with Gasteiger partial charge >= 0.3 is 0 Å². The highest BCUT2D eigenvalue weighted by Crippen LogP contribution is 2.45. The number of fused-ring (bicyclic) bond motifs is 7. The fourth-order valence-electron chi connectivity index (χ4n) is 9.45. The van der Waals surface area contributed by atoms with Crippen LogP contribution >= 0.6 is 0 Å². The second-order valence-electron chi connectivity index (χ2n) is 16.1. The Balaban J connectivity index is 1.000. The molecule has 0 amide bonds. The van der Waals surface area contributed by atoms with Crippen molar-refractivity contribution in [3.05, 3.63) is 237 Å². The smallest absolute Gasteiger partial charge is 0.143 e. The molecule has 0 aliphatic heterocycles. The molecule has 0 atom stereocenters. The van der Waals surface area contributed by atoms with Gasteiger partial charge in [0.05, 0.1) is 5.69 Å². The third-order valence-electron chi connectivity index (χ3n) is 12.4. The van der Waals surface area contributed by atoms with Crippen LogP contribution in [-0.4, -0.2) is 0 Å². The molecular formula is C60H39NO. The normalized spacial score (nSPS) is 11.5. The number of benzene rings is 11. The van der Waals surface area contributed by atoms with Crippen molar-refractivity contribution in [3.8, 4) is 44.5 Å². The lowest BCUT2D eigenvalue weighted by molar-refractivity contribution is 0.672. The van der Waals surface area contributed by atoms with Gasteiger partial charge in [-0.3, -0.25) is 0 Å². The van der Waals surface area contributed by atoms with E-state index < -0.39 is 0 Å². The fraction of sp³-hybridized carbons (Fsp3) is 0. The van der Waals surface area contributed by atoms with Crippen LogP contribution in [0.1, 0.15) is 0 Å². The Labute approximate surface area is 360 Å². The first-order chi connectivity index (χ1) is 30.7. The highest BCUT2D eigenvalue weighted by atomic mass is 16.3. The zero-order valence-corrected chi connectivity index (χ0v) is 33.9. The highest BCUT2D eigenvalue weighted by Gasteiger charge is 2.20. The second-order valence-corrected chi connectivity index (χ2v) is 16.1. The molecule has 0 fully saturated rings. The molecule has 0 aliphatic rings. The van der Waals surface area contributed by atoms with Gasteiger partial charge in [0, 0.05) is 33.1 Å². The van der Waals surface area contributed by atoms with Crippen LogP contribution in [-0.2, 0) is 0 Å². The first kappa shape index (κ1) is 35.7. The minimum atomic E-state index is 0.886. The van der Waals surface area contributed by atoms with Crippen LogP contribution in [0.4, 0.5) is 17.1 Å². The van der Waals surface area contributed by atoms with Gasteiger partial charge in [0.25, 0.3) is 0 Å². The van der Waals surface area contributed by atoms with E-state index in [1.165, 1.54) is 60.3 Å². The van der Waals surface area contributed by atoms with Crippen LogP contribution in [0.2, 0.25) is 0 Å². The van der Waals surface area contributed by atoms with Crippen molar-refractivity contribution in [3.63, 3.8) is 0 Å². The van der Waals surface area contributed by atoms with Crippen LogP contribution in [0.25, 0.3) is 98.8 Å². The summed E-state index contributed by atoms with van der Waals surface area (Å²) in [4.78, 5) is 2.41. The van der Waals surface area contributed by atoms with Crippen molar-refractivity contribution < 1.29 is 4.42 Å². The van der Waals surface area contributed by atoms with Crippen molar-refractivity contribution in [2.45, 2.75) is 0 Å². The number of furan rings is 1. The first-order valence-corrected chi connectivity index (χ1v) is 21.2. The van der Waals surface area contributed by atoms with Crippen molar-refractivity contribution in [2.24, 2.45) is 0 Å². The van der Waals surface area contributed by atoms with Gasteiger partial charge in [0.2, 0.25) is 0 Å². The van der Waals surface area contributed by atoms with E-state index in [4.69, 9.17) is 4.42 Å². The summed E-state index contributed by atoms with van der Waals surface area (Å²) in [5.41, 5.74) is 14.5. The summed E-state index contributed by atoms with van der Waals surface area (Å²) in [7, 11) is 0. The Morgan fingerprint density at radius 3 is 1.55 bits per heavy atom. The van der Waals surface area contributed by atoms with Gasteiger partial charge in [-0.05, 0) is 120 Å². The summed E-state index contributed by atoms with van der Waals surface area (Å²) in [5.74, 6) is 0. The molecule has 2 heteroatoms. The predicted octanol–water partition coefficient (Wildman–Crippen LogP) is 17.2. The SMILES string of the molecule is c1cc(-c2ccc(N(c3cccc(-c4cccc5ccccc45)c3)c3ccccc3-c3ccc4oc5c6ccccc6ccc5c4c3)cc2)cc(-c2cccc3ccccc23)c1. The number of rotatable bonds is 7. The summed E-state index contributed by atoms with van der Waals surface area (Å²) in [6.45, 7) is 0. The lowest BCUT2D eigenvalue weighted by Crippen LogP contribution is -2.11. The average molecular weight is 790 g/mol. The molecule has 12 rings (SSSR count). The Morgan fingerprint density at radius 2 is 0.806 bits per heavy atom. The molecule has 0 saturated carbocycles. The molecule has 0 spiro atoms. The number of hydrogen-bond acceptors (Lipinski definition) is 2. The third-order valence-corrected chi connectivity index (χ3v) is 12.4. The lowest BCUT2D eigenvalue weighted by Gasteiger charge is -2.28. The molecule has 0 N–H and O–H groups in total. The topological polar surface area (TPSA) is 16.4 Å². The van der Waals surface area contributed by atoms with Crippen molar-refractivity contribution in [1.82, 2.24) is 0 Å². The maximum Gasteiger partial charge on any atom is 0.143 e. The maximum absolute atomic E-state index is 6.55. The predicted molar refractivity (Wildman–Crippen MR) is 263 cm³/mol. The quantitative estimate of drug-likeness (QED) is 0.160. The molecule has 2 nitrogen and oxygen atoms in total. The zero-order valence-electron chi connectivity index (χ0n) is 33.9. The molecule has 1 aromatic heterocycles. The number of nitrogens with zero attached hydrogens (tertiary/aromatic N) is 1. The van der Waals surface area contributed by atoms with Crippen LogP contribution < -0.4 is 4.90 Å². The number of anilines is 3. The van der Waals surface area contributed by atoms with Gasteiger partial charge < -0.3 is 9.32 Å². The summed E-state index contributed by atoms with van der Waals surface area (Å²) < 4.78 is 6.55. The Bertz CT molecular complexity index is 3640. The molecule has 0 saturated heterocycles. The van der Waals surface area contributed by atoms with E-state index in [9.17, 15) is 0 Å². The van der Waals surface area contributed by atoms with Crippen LogP contribution in [0, 0.1) is 0 Å². The van der Waals surface area contributed by atoms with E-state index in [2.05, 4.69) is 241 Å². The van der Waals surface area contributed by atoms with Crippen LogP contribution in [0.5, 0.6) is 0 Å². The summed E-state index contributed by atoms with van der Waals surface area (Å²) in [6.07, 6.45) is 0. The van der Waals surface area contributed by atoms with E-state index in [1.54, 1.807) is 0 Å². The minimum Gasteiger partial charge on any atom is -0.455 e. The average Bonchev–Trinajstić information content (AvgIpc) is 3.73. The van der Waals surface area contributed by atoms with Gasteiger partial charge in [-0.2, -0.15) is 0 Å². The fourth-order valence-corrected chi connectivity index (χ4v) is 9.45. The summed E-state index contributed by atoms with van der Waals surface area (Å²) in [6, 6.07) is 85.5. The van der Waals surface area contributed by atoms with Crippen molar-refractivity contribution >= 4 is 71.3 Å². The second kappa shape index (κ2) is 14.8. The molecular weight excluding hydrogens is 751 g/mol. The number of hydrogen-bond donors (Lipinski definition) is 0. The van der Waals surface area contributed by atoms with Gasteiger partial charge in [0.1, 0.15) is 11.2 Å². The Kier molecular flexibility index (Phi) is 8.53. The van der Waals surface area contributed by atoms with Crippen molar-refractivity contribution in [2.75, 3.05) is 4.90 Å². The summed E-state index contributed by atoms with van der Waals surface area (Å²) in [5, 5.41) is 9.51. The molecule has 1 heterocycles. The van der Waals surface area contributed by atoms with E-state index >= 15 is 0 Å². The van der Waals surface area contributed by atoms with Crippen molar-refractivity contribution in [1.29, 1.82) is 0 Å². The van der Waals surface area contributed by atoms with Gasteiger partial charge in [-0.1, -0.05) is 182 Å². The van der Waals surface area contributed by atoms with Gasteiger partial charge in [0.15, 0.2) is 0 Å².